The van der Waals surface area contributed by atoms with Crippen LogP contribution < -0.4 is 11.1 Å². The highest BCUT2D eigenvalue weighted by Gasteiger charge is 2.11. The third-order valence-corrected chi connectivity index (χ3v) is 4.35. The van der Waals surface area contributed by atoms with Crippen molar-refractivity contribution < 1.29 is 9.90 Å². The molecule has 1 heterocycles. The number of phenolic OH excluding ortho intramolecular Hbond substituents is 1. The van der Waals surface area contributed by atoms with Gasteiger partial charge in [0.25, 0.3) is 5.91 Å². The number of nitrogens with two attached hydrogens (primary N) is 1. The molecule has 106 valence electrons. The lowest BCUT2D eigenvalue weighted by Crippen LogP contribution is -2.09. The molecule has 0 aliphatic heterocycles. The Bertz CT molecular complexity index is 839. The van der Waals surface area contributed by atoms with Gasteiger partial charge in [0.1, 0.15) is 5.75 Å². The quantitative estimate of drug-likeness (QED) is 0.631. The highest BCUT2D eigenvalue weighted by atomic mass is 32.1. The summed E-state index contributed by atoms with van der Waals surface area (Å²) in [5.41, 5.74) is 7.75. The Morgan fingerprint density at radius 1 is 1.19 bits per heavy atom. The fraction of sp³-hybridized carbons (Fsp3) is 0.0625. The summed E-state index contributed by atoms with van der Waals surface area (Å²) in [5, 5.41) is 13.4. The lowest BCUT2D eigenvalue weighted by Gasteiger charge is -2.05. The summed E-state index contributed by atoms with van der Waals surface area (Å²) in [7, 11) is 0. The van der Waals surface area contributed by atoms with Crippen molar-refractivity contribution in [2.24, 2.45) is 0 Å². The number of fused-ring (bicyclic) bond motifs is 1. The molecule has 0 radical (unpaired) electrons. The Labute approximate surface area is 125 Å². The van der Waals surface area contributed by atoms with E-state index in [-0.39, 0.29) is 11.7 Å². The summed E-state index contributed by atoms with van der Waals surface area (Å²) in [4.78, 5) is 12.9. The standard InChI is InChI=1S/C16H14N2O2S/c1-9-2-4-12(8-13(9)19)18-16(20)15-7-10-6-11(17)3-5-14(10)21-15/h2-8,19H,17H2,1H3,(H,18,20). The number of amides is 1. The number of hydrogen-bond donors (Lipinski definition) is 3. The molecule has 0 saturated heterocycles. The lowest BCUT2D eigenvalue weighted by molar-refractivity contribution is 0.103. The molecule has 2 aromatic carbocycles. The average Bonchev–Trinajstić information content (AvgIpc) is 2.86. The molecule has 0 aliphatic carbocycles. The van der Waals surface area contributed by atoms with E-state index in [4.69, 9.17) is 5.73 Å². The molecule has 3 rings (SSSR count). The first kappa shape index (κ1) is 13.5. The fourth-order valence-electron chi connectivity index (χ4n) is 2.05. The second-order valence-electron chi connectivity index (χ2n) is 4.86. The normalized spacial score (nSPS) is 10.7. The topological polar surface area (TPSA) is 75.4 Å². The van der Waals surface area contributed by atoms with Gasteiger partial charge in [-0.2, -0.15) is 0 Å². The van der Waals surface area contributed by atoms with Gasteiger partial charge < -0.3 is 16.2 Å². The number of thiophene rings is 1. The summed E-state index contributed by atoms with van der Waals surface area (Å²) in [6.45, 7) is 1.80. The van der Waals surface area contributed by atoms with Crippen LogP contribution in [0.3, 0.4) is 0 Å². The van der Waals surface area contributed by atoms with Gasteiger partial charge in [-0.15, -0.1) is 11.3 Å². The molecule has 21 heavy (non-hydrogen) atoms. The maximum Gasteiger partial charge on any atom is 0.265 e. The minimum absolute atomic E-state index is 0.164. The second-order valence-corrected chi connectivity index (χ2v) is 5.95. The van der Waals surface area contributed by atoms with E-state index in [1.54, 1.807) is 25.1 Å². The van der Waals surface area contributed by atoms with Gasteiger partial charge in [-0.1, -0.05) is 6.07 Å². The van der Waals surface area contributed by atoms with Gasteiger partial charge in [-0.05, 0) is 48.2 Å². The molecule has 0 fully saturated rings. The molecule has 0 aliphatic rings. The minimum Gasteiger partial charge on any atom is -0.508 e. The van der Waals surface area contributed by atoms with Gasteiger partial charge in [-0.3, -0.25) is 4.79 Å². The first-order valence-electron chi connectivity index (χ1n) is 6.43. The van der Waals surface area contributed by atoms with Crippen molar-refractivity contribution in [2.75, 3.05) is 11.1 Å². The van der Waals surface area contributed by atoms with E-state index in [1.807, 2.05) is 24.3 Å². The number of nitrogen functional groups attached to an aromatic ring is 1. The maximum absolute atomic E-state index is 12.3. The van der Waals surface area contributed by atoms with Crippen LogP contribution in [0, 0.1) is 6.92 Å². The fourth-order valence-corrected chi connectivity index (χ4v) is 2.99. The molecule has 5 heteroatoms. The predicted molar refractivity (Wildman–Crippen MR) is 87.0 cm³/mol. The highest BCUT2D eigenvalue weighted by Crippen LogP contribution is 2.28. The van der Waals surface area contributed by atoms with Crippen LogP contribution >= 0.6 is 11.3 Å². The Morgan fingerprint density at radius 2 is 2.00 bits per heavy atom. The molecule has 0 unspecified atom stereocenters. The van der Waals surface area contributed by atoms with Crippen LogP contribution in [0.2, 0.25) is 0 Å². The summed E-state index contributed by atoms with van der Waals surface area (Å²) < 4.78 is 1.01. The third kappa shape index (κ3) is 2.68. The molecular weight excluding hydrogens is 284 g/mol. The molecule has 0 atom stereocenters. The number of hydrogen-bond acceptors (Lipinski definition) is 4. The molecule has 3 aromatic rings. The zero-order chi connectivity index (χ0) is 15.0. The number of carbonyl (C=O) groups excluding carboxylic acids is 1. The number of anilines is 2. The maximum atomic E-state index is 12.3. The molecule has 0 spiro atoms. The van der Waals surface area contributed by atoms with E-state index in [1.165, 1.54) is 11.3 Å². The van der Waals surface area contributed by atoms with E-state index in [9.17, 15) is 9.90 Å². The van der Waals surface area contributed by atoms with Crippen LogP contribution in [0.1, 0.15) is 15.2 Å². The van der Waals surface area contributed by atoms with Crippen molar-refractivity contribution in [3.8, 4) is 5.75 Å². The summed E-state index contributed by atoms with van der Waals surface area (Å²) >= 11 is 1.41. The zero-order valence-corrected chi connectivity index (χ0v) is 12.2. The molecular formula is C16H14N2O2S. The van der Waals surface area contributed by atoms with Crippen molar-refractivity contribution >= 4 is 38.7 Å². The number of nitrogens with one attached hydrogen (secondary N) is 1. The predicted octanol–water partition coefficient (Wildman–Crippen LogP) is 3.75. The molecule has 4 nitrogen and oxygen atoms in total. The van der Waals surface area contributed by atoms with Crippen LogP contribution in [-0.4, -0.2) is 11.0 Å². The Balaban J connectivity index is 1.87. The number of rotatable bonds is 2. The Morgan fingerprint density at radius 3 is 2.76 bits per heavy atom. The molecule has 4 N–H and O–H groups in total. The van der Waals surface area contributed by atoms with Crippen LogP contribution in [0.25, 0.3) is 10.1 Å². The highest BCUT2D eigenvalue weighted by molar-refractivity contribution is 7.20. The number of aromatic hydroxyl groups is 1. The number of carbonyl (C=O) groups is 1. The Kier molecular flexibility index (Phi) is 3.27. The summed E-state index contributed by atoms with van der Waals surface area (Å²) in [6, 6.07) is 12.5. The molecule has 0 bridgehead atoms. The van der Waals surface area contributed by atoms with Crippen LogP contribution in [0.5, 0.6) is 5.75 Å². The van der Waals surface area contributed by atoms with Gasteiger partial charge in [0.15, 0.2) is 0 Å². The van der Waals surface area contributed by atoms with E-state index >= 15 is 0 Å². The van der Waals surface area contributed by atoms with Gasteiger partial charge >= 0.3 is 0 Å². The zero-order valence-electron chi connectivity index (χ0n) is 11.4. The van der Waals surface area contributed by atoms with E-state index in [2.05, 4.69) is 5.32 Å². The largest absolute Gasteiger partial charge is 0.508 e. The van der Waals surface area contributed by atoms with Crippen LogP contribution in [-0.2, 0) is 0 Å². The smallest absolute Gasteiger partial charge is 0.265 e. The molecule has 1 aromatic heterocycles. The number of benzene rings is 2. The first-order valence-corrected chi connectivity index (χ1v) is 7.24. The Hall–Kier alpha value is -2.53. The van der Waals surface area contributed by atoms with E-state index in [0.29, 0.717) is 16.3 Å². The van der Waals surface area contributed by atoms with E-state index < -0.39 is 0 Å². The van der Waals surface area contributed by atoms with Crippen LogP contribution in [0.15, 0.2) is 42.5 Å². The average molecular weight is 298 g/mol. The van der Waals surface area contributed by atoms with Crippen molar-refractivity contribution in [1.29, 1.82) is 0 Å². The summed E-state index contributed by atoms with van der Waals surface area (Å²) in [6.07, 6.45) is 0. The number of aryl methyl sites for hydroxylation is 1. The molecule has 1 amide bonds. The molecule has 0 saturated carbocycles. The second kappa shape index (κ2) is 5.10. The lowest BCUT2D eigenvalue weighted by atomic mass is 10.2. The SMILES string of the molecule is Cc1ccc(NC(=O)c2cc3cc(N)ccc3s2)cc1O. The van der Waals surface area contributed by atoms with E-state index in [0.717, 1.165) is 15.6 Å². The first-order chi connectivity index (χ1) is 10.0. The van der Waals surface area contributed by atoms with Crippen LogP contribution in [0.4, 0.5) is 11.4 Å². The van der Waals surface area contributed by atoms with Crippen molar-refractivity contribution in [3.05, 3.63) is 52.9 Å². The minimum atomic E-state index is -0.196. The van der Waals surface area contributed by atoms with Crippen molar-refractivity contribution in [3.63, 3.8) is 0 Å². The van der Waals surface area contributed by atoms with Gasteiger partial charge in [0, 0.05) is 22.1 Å². The summed E-state index contributed by atoms with van der Waals surface area (Å²) in [5.74, 6) is -0.0325. The monoisotopic (exact) mass is 298 g/mol. The van der Waals surface area contributed by atoms with Crippen molar-refractivity contribution in [2.45, 2.75) is 6.92 Å². The van der Waals surface area contributed by atoms with Crippen molar-refractivity contribution in [1.82, 2.24) is 0 Å². The third-order valence-electron chi connectivity index (χ3n) is 3.23. The number of phenols is 1. The van der Waals surface area contributed by atoms with Gasteiger partial charge in [0.05, 0.1) is 4.88 Å². The van der Waals surface area contributed by atoms with Gasteiger partial charge in [0.2, 0.25) is 0 Å². The van der Waals surface area contributed by atoms with Gasteiger partial charge in [-0.25, -0.2) is 0 Å².